The van der Waals surface area contributed by atoms with Crippen molar-refractivity contribution in [1.29, 1.82) is 0 Å². The van der Waals surface area contributed by atoms with Crippen molar-refractivity contribution in [3.05, 3.63) is 35.9 Å². The van der Waals surface area contributed by atoms with E-state index < -0.39 is 11.5 Å². The second-order valence-corrected chi connectivity index (χ2v) is 4.13. The van der Waals surface area contributed by atoms with Crippen molar-refractivity contribution < 1.29 is 9.53 Å². The normalized spacial score (nSPS) is 14.3. The maximum atomic E-state index is 11.7. The highest BCUT2D eigenvalue weighted by molar-refractivity contribution is 7.98. The van der Waals surface area contributed by atoms with Gasteiger partial charge in [-0.3, -0.25) is 0 Å². The molecule has 4 heteroatoms. The number of nitrogens with two attached hydrogens (primary N) is 1. The second-order valence-electron chi connectivity index (χ2n) is 3.26. The molecule has 0 bridgehead atoms. The molecule has 0 amide bonds. The highest BCUT2D eigenvalue weighted by atomic mass is 32.2. The van der Waals surface area contributed by atoms with E-state index in [9.17, 15) is 4.79 Å². The van der Waals surface area contributed by atoms with E-state index in [-0.39, 0.29) is 0 Å². The lowest BCUT2D eigenvalue weighted by molar-refractivity contribution is -0.146. The SMILES string of the molecule is COC(=O)C(N)(CSC)c1ccccc1. The molecule has 0 saturated heterocycles. The first kappa shape index (κ1) is 12.1. The van der Waals surface area contributed by atoms with Crippen molar-refractivity contribution in [2.45, 2.75) is 5.54 Å². The molecule has 82 valence electrons. The highest BCUT2D eigenvalue weighted by Gasteiger charge is 2.36. The van der Waals surface area contributed by atoms with Crippen molar-refractivity contribution in [3.63, 3.8) is 0 Å². The first-order chi connectivity index (χ1) is 7.15. The van der Waals surface area contributed by atoms with Gasteiger partial charge in [0.1, 0.15) is 5.54 Å². The average molecular weight is 225 g/mol. The molecule has 0 aliphatic carbocycles. The summed E-state index contributed by atoms with van der Waals surface area (Å²) in [6.07, 6.45) is 1.91. The molecule has 1 aromatic rings. The second kappa shape index (κ2) is 5.19. The number of ether oxygens (including phenoxy) is 1. The van der Waals surface area contributed by atoms with Crippen LogP contribution in [-0.4, -0.2) is 25.1 Å². The van der Waals surface area contributed by atoms with Gasteiger partial charge in [0, 0.05) is 5.75 Å². The molecule has 0 spiro atoms. The number of esters is 1. The first-order valence-corrected chi connectivity index (χ1v) is 5.96. The predicted molar refractivity (Wildman–Crippen MR) is 62.7 cm³/mol. The van der Waals surface area contributed by atoms with Gasteiger partial charge in [0.15, 0.2) is 0 Å². The smallest absolute Gasteiger partial charge is 0.331 e. The molecule has 3 nitrogen and oxygen atoms in total. The summed E-state index contributed by atoms with van der Waals surface area (Å²) in [5.41, 5.74) is 5.83. The molecule has 1 unspecified atom stereocenters. The molecular weight excluding hydrogens is 210 g/mol. The summed E-state index contributed by atoms with van der Waals surface area (Å²) >= 11 is 1.52. The van der Waals surface area contributed by atoms with E-state index in [4.69, 9.17) is 10.5 Å². The van der Waals surface area contributed by atoms with Gasteiger partial charge in [0.25, 0.3) is 0 Å². The lowest BCUT2D eigenvalue weighted by Gasteiger charge is -2.25. The van der Waals surface area contributed by atoms with Crippen LogP contribution in [0, 0.1) is 0 Å². The molecule has 0 aliphatic rings. The van der Waals surface area contributed by atoms with Crippen LogP contribution < -0.4 is 5.73 Å². The number of hydrogen-bond donors (Lipinski definition) is 1. The Bertz CT molecular complexity index is 329. The topological polar surface area (TPSA) is 52.3 Å². The monoisotopic (exact) mass is 225 g/mol. The standard InChI is InChI=1S/C11H15NO2S/c1-14-10(13)11(12,8-15-2)9-6-4-3-5-7-9/h3-7H,8,12H2,1-2H3. The molecule has 1 rings (SSSR count). The van der Waals surface area contributed by atoms with Crippen LogP contribution in [0.1, 0.15) is 5.56 Å². The van der Waals surface area contributed by atoms with E-state index in [1.807, 2.05) is 36.6 Å². The number of methoxy groups -OCH3 is 1. The van der Waals surface area contributed by atoms with Gasteiger partial charge in [-0.1, -0.05) is 30.3 Å². The molecule has 0 heterocycles. The third-order valence-electron chi connectivity index (χ3n) is 2.21. The van der Waals surface area contributed by atoms with Crippen LogP contribution in [0.3, 0.4) is 0 Å². The molecule has 15 heavy (non-hydrogen) atoms. The summed E-state index contributed by atoms with van der Waals surface area (Å²) in [7, 11) is 1.35. The Morgan fingerprint density at radius 3 is 2.53 bits per heavy atom. The summed E-state index contributed by atoms with van der Waals surface area (Å²) < 4.78 is 4.75. The van der Waals surface area contributed by atoms with Crippen molar-refractivity contribution in [2.75, 3.05) is 19.1 Å². The minimum Gasteiger partial charge on any atom is -0.467 e. The molecular formula is C11H15NO2S. The van der Waals surface area contributed by atoms with Crippen molar-refractivity contribution in [3.8, 4) is 0 Å². The van der Waals surface area contributed by atoms with Crippen LogP contribution in [-0.2, 0) is 15.1 Å². The van der Waals surface area contributed by atoms with Crippen LogP contribution in [0.25, 0.3) is 0 Å². The number of carbonyl (C=O) groups excluding carboxylic acids is 1. The van der Waals surface area contributed by atoms with Gasteiger partial charge < -0.3 is 10.5 Å². The van der Waals surface area contributed by atoms with Crippen molar-refractivity contribution in [1.82, 2.24) is 0 Å². The van der Waals surface area contributed by atoms with Crippen LogP contribution >= 0.6 is 11.8 Å². The van der Waals surface area contributed by atoms with Gasteiger partial charge in [-0.25, -0.2) is 4.79 Å². The maximum Gasteiger partial charge on any atom is 0.331 e. The Morgan fingerprint density at radius 1 is 1.47 bits per heavy atom. The average Bonchev–Trinajstić information content (AvgIpc) is 2.29. The minimum atomic E-state index is -1.05. The summed E-state index contributed by atoms with van der Waals surface area (Å²) in [5.74, 6) is 0.104. The Hall–Kier alpha value is -1.00. The zero-order valence-electron chi connectivity index (χ0n) is 8.90. The molecule has 1 aromatic carbocycles. The van der Waals surface area contributed by atoms with E-state index in [1.165, 1.54) is 18.9 Å². The molecule has 0 radical (unpaired) electrons. The lowest BCUT2D eigenvalue weighted by Crippen LogP contribution is -2.48. The van der Waals surface area contributed by atoms with Crippen molar-refractivity contribution in [2.24, 2.45) is 5.73 Å². The third kappa shape index (κ3) is 2.52. The van der Waals surface area contributed by atoms with Gasteiger partial charge in [-0.05, 0) is 11.8 Å². The van der Waals surface area contributed by atoms with Crippen LogP contribution in [0.15, 0.2) is 30.3 Å². The fraction of sp³-hybridized carbons (Fsp3) is 0.364. The van der Waals surface area contributed by atoms with Gasteiger partial charge in [-0.15, -0.1) is 0 Å². The largest absolute Gasteiger partial charge is 0.467 e. The quantitative estimate of drug-likeness (QED) is 0.786. The van der Waals surface area contributed by atoms with E-state index >= 15 is 0 Å². The molecule has 0 saturated carbocycles. The van der Waals surface area contributed by atoms with Gasteiger partial charge in [-0.2, -0.15) is 11.8 Å². The fourth-order valence-corrected chi connectivity index (χ4v) is 2.15. The van der Waals surface area contributed by atoms with Crippen LogP contribution in [0.2, 0.25) is 0 Å². The molecule has 0 aromatic heterocycles. The Balaban J connectivity index is 3.06. The molecule has 1 atom stereocenters. The van der Waals surface area contributed by atoms with E-state index in [0.29, 0.717) is 5.75 Å². The summed E-state index contributed by atoms with van der Waals surface area (Å²) in [4.78, 5) is 11.7. The van der Waals surface area contributed by atoms with Gasteiger partial charge >= 0.3 is 5.97 Å². The van der Waals surface area contributed by atoms with Crippen LogP contribution in [0.4, 0.5) is 0 Å². The highest BCUT2D eigenvalue weighted by Crippen LogP contribution is 2.23. The third-order valence-corrected chi connectivity index (χ3v) is 2.95. The summed E-state index contributed by atoms with van der Waals surface area (Å²) in [6.45, 7) is 0. The van der Waals surface area contributed by atoms with Gasteiger partial charge in [0.2, 0.25) is 0 Å². The predicted octanol–water partition coefficient (Wildman–Crippen LogP) is 1.38. The number of rotatable bonds is 4. The molecule has 0 aliphatic heterocycles. The molecule has 0 fully saturated rings. The summed E-state index contributed by atoms with van der Waals surface area (Å²) in [6, 6.07) is 9.29. The number of thioether (sulfide) groups is 1. The Kier molecular flexibility index (Phi) is 4.17. The zero-order valence-corrected chi connectivity index (χ0v) is 9.71. The maximum absolute atomic E-state index is 11.7. The van der Waals surface area contributed by atoms with E-state index in [1.54, 1.807) is 0 Å². The Labute approximate surface area is 94.0 Å². The van der Waals surface area contributed by atoms with E-state index in [0.717, 1.165) is 5.56 Å². The minimum absolute atomic E-state index is 0.400. The lowest BCUT2D eigenvalue weighted by atomic mass is 9.93. The molecule has 2 N–H and O–H groups in total. The zero-order chi connectivity index (χ0) is 11.3. The number of carbonyl (C=O) groups is 1. The first-order valence-electron chi connectivity index (χ1n) is 4.57. The summed E-state index contributed by atoms with van der Waals surface area (Å²) in [5, 5.41) is 0. The number of hydrogen-bond acceptors (Lipinski definition) is 4. The van der Waals surface area contributed by atoms with Gasteiger partial charge in [0.05, 0.1) is 7.11 Å². The van der Waals surface area contributed by atoms with E-state index in [2.05, 4.69) is 0 Å². The van der Waals surface area contributed by atoms with Crippen LogP contribution in [0.5, 0.6) is 0 Å². The fourth-order valence-electron chi connectivity index (χ4n) is 1.41. The number of benzene rings is 1. The van der Waals surface area contributed by atoms with Crippen molar-refractivity contribution >= 4 is 17.7 Å². The Morgan fingerprint density at radius 2 is 2.07 bits per heavy atom.